The average Bonchev–Trinajstić information content (AvgIpc) is 3.10. The van der Waals surface area contributed by atoms with E-state index < -0.39 is 23.5 Å². The molecule has 3 rings (SSSR count). The number of hydrogen-bond donors (Lipinski definition) is 1. The molecule has 1 aromatic carbocycles. The van der Waals surface area contributed by atoms with E-state index >= 15 is 0 Å². The van der Waals surface area contributed by atoms with Crippen molar-refractivity contribution in [2.45, 2.75) is 64.1 Å². The summed E-state index contributed by atoms with van der Waals surface area (Å²) >= 11 is 0. The van der Waals surface area contributed by atoms with Crippen molar-refractivity contribution in [3.8, 4) is 6.07 Å². The average molecular weight is 369 g/mol. The second-order valence-corrected chi connectivity index (χ2v) is 6.90. The van der Waals surface area contributed by atoms with Gasteiger partial charge in [-0.25, -0.2) is 9.48 Å². The van der Waals surface area contributed by atoms with Gasteiger partial charge in [0.15, 0.2) is 6.10 Å². The predicted molar refractivity (Wildman–Crippen MR) is 97.7 cm³/mol. The van der Waals surface area contributed by atoms with Gasteiger partial charge in [0.25, 0.3) is 5.91 Å². The molecule has 1 atom stereocenters. The van der Waals surface area contributed by atoms with E-state index in [-0.39, 0.29) is 0 Å². The number of rotatable bonds is 5. The van der Waals surface area contributed by atoms with Gasteiger partial charge >= 0.3 is 5.97 Å². The van der Waals surface area contributed by atoms with E-state index in [1.807, 2.05) is 6.92 Å². The number of esters is 1. The first-order chi connectivity index (χ1) is 13.0. The molecule has 0 aliphatic heterocycles. The number of nitriles is 1. The Balaban J connectivity index is 1.66. The van der Waals surface area contributed by atoms with E-state index in [0.717, 1.165) is 24.8 Å². The number of hydrogen-bond acceptors (Lipinski definition) is 6. The summed E-state index contributed by atoms with van der Waals surface area (Å²) in [6, 6.07) is 7.21. The smallest absolute Gasteiger partial charge is 0.338 e. The minimum atomic E-state index is -0.994. The van der Waals surface area contributed by atoms with E-state index in [9.17, 15) is 14.9 Å². The normalized spacial score (nSPS) is 17.1. The van der Waals surface area contributed by atoms with Gasteiger partial charge in [-0.05, 0) is 44.9 Å². The molecule has 8 heteroatoms. The zero-order chi connectivity index (χ0) is 19.4. The van der Waals surface area contributed by atoms with Crippen molar-refractivity contribution in [2.75, 3.05) is 0 Å². The van der Waals surface area contributed by atoms with Crippen LogP contribution in [0.25, 0.3) is 11.0 Å². The Morgan fingerprint density at radius 1 is 1.37 bits per heavy atom. The lowest BCUT2D eigenvalue weighted by atomic mass is 9.83. The zero-order valence-corrected chi connectivity index (χ0v) is 15.6. The first-order valence-electron chi connectivity index (χ1n) is 9.25. The molecule has 27 heavy (non-hydrogen) atoms. The highest BCUT2D eigenvalue weighted by molar-refractivity contribution is 5.95. The largest absolute Gasteiger partial charge is 0.449 e. The first kappa shape index (κ1) is 18.8. The van der Waals surface area contributed by atoms with Gasteiger partial charge in [0, 0.05) is 6.54 Å². The van der Waals surface area contributed by atoms with Crippen molar-refractivity contribution in [1.82, 2.24) is 20.3 Å². The van der Waals surface area contributed by atoms with Crippen molar-refractivity contribution < 1.29 is 14.3 Å². The summed E-state index contributed by atoms with van der Waals surface area (Å²) < 4.78 is 7.02. The standard InChI is InChI=1S/C19H23N5O3/c1-3-24-16-8-7-14(11-15(16)22-23-24)18(26)27-13(2)17(25)21-19(12-20)9-5-4-6-10-19/h7-8,11,13H,3-6,9-10H2,1-2H3,(H,21,25)/t13-/m1/s1. The molecular weight excluding hydrogens is 346 g/mol. The topological polar surface area (TPSA) is 110 Å². The van der Waals surface area contributed by atoms with E-state index in [4.69, 9.17) is 4.74 Å². The summed E-state index contributed by atoms with van der Waals surface area (Å²) in [5.74, 6) is -1.06. The molecule has 8 nitrogen and oxygen atoms in total. The summed E-state index contributed by atoms with van der Waals surface area (Å²) in [4.78, 5) is 24.8. The Morgan fingerprint density at radius 3 is 2.78 bits per heavy atom. The first-order valence-corrected chi connectivity index (χ1v) is 9.25. The van der Waals surface area contributed by atoms with Crippen LogP contribution in [0, 0.1) is 11.3 Å². The molecule has 1 saturated carbocycles. The molecular formula is C19H23N5O3. The lowest BCUT2D eigenvalue weighted by Gasteiger charge is -2.32. The molecule has 1 amide bonds. The van der Waals surface area contributed by atoms with Gasteiger partial charge in [-0.1, -0.05) is 24.5 Å². The van der Waals surface area contributed by atoms with Crippen LogP contribution in [0.1, 0.15) is 56.3 Å². The van der Waals surface area contributed by atoms with Crippen molar-refractivity contribution in [1.29, 1.82) is 5.26 Å². The molecule has 1 aromatic heterocycles. The monoisotopic (exact) mass is 369 g/mol. The van der Waals surface area contributed by atoms with E-state index in [0.29, 0.717) is 30.5 Å². The third kappa shape index (κ3) is 3.92. The number of amides is 1. The quantitative estimate of drug-likeness (QED) is 0.810. The number of carbonyl (C=O) groups is 2. The van der Waals surface area contributed by atoms with Gasteiger partial charge < -0.3 is 10.1 Å². The van der Waals surface area contributed by atoms with Crippen LogP contribution in [-0.4, -0.2) is 38.5 Å². The van der Waals surface area contributed by atoms with Crippen LogP contribution in [0.15, 0.2) is 18.2 Å². The summed E-state index contributed by atoms with van der Waals surface area (Å²) in [7, 11) is 0. The van der Waals surface area contributed by atoms with Crippen LogP contribution in [-0.2, 0) is 16.1 Å². The molecule has 0 radical (unpaired) electrons. The molecule has 1 fully saturated rings. The highest BCUT2D eigenvalue weighted by Gasteiger charge is 2.35. The fourth-order valence-corrected chi connectivity index (χ4v) is 3.37. The Morgan fingerprint density at radius 2 is 2.11 bits per heavy atom. The number of aromatic nitrogens is 3. The van der Waals surface area contributed by atoms with Crippen LogP contribution in [0.5, 0.6) is 0 Å². The molecule has 2 aromatic rings. The summed E-state index contributed by atoms with van der Waals surface area (Å²) in [6.45, 7) is 4.14. The van der Waals surface area contributed by atoms with E-state index in [1.54, 1.807) is 22.9 Å². The van der Waals surface area contributed by atoms with Crippen molar-refractivity contribution in [2.24, 2.45) is 0 Å². The van der Waals surface area contributed by atoms with Gasteiger partial charge in [0.1, 0.15) is 11.1 Å². The number of fused-ring (bicyclic) bond motifs is 1. The molecule has 1 heterocycles. The predicted octanol–water partition coefficient (Wildman–Crippen LogP) is 2.34. The van der Waals surface area contributed by atoms with Gasteiger partial charge in [-0.15, -0.1) is 5.10 Å². The third-order valence-electron chi connectivity index (χ3n) is 4.99. The van der Waals surface area contributed by atoms with Crippen LogP contribution in [0.3, 0.4) is 0 Å². The molecule has 1 aliphatic carbocycles. The molecule has 0 bridgehead atoms. The van der Waals surface area contributed by atoms with Gasteiger partial charge in [-0.3, -0.25) is 4.79 Å². The maximum Gasteiger partial charge on any atom is 0.338 e. The fourth-order valence-electron chi connectivity index (χ4n) is 3.37. The number of aryl methyl sites for hydroxylation is 1. The van der Waals surface area contributed by atoms with Crippen LogP contribution >= 0.6 is 0 Å². The molecule has 0 spiro atoms. The number of nitrogens with zero attached hydrogens (tertiary/aromatic N) is 4. The molecule has 0 saturated heterocycles. The van der Waals surface area contributed by atoms with Crippen molar-refractivity contribution in [3.63, 3.8) is 0 Å². The minimum Gasteiger partial charge on any atom is -0.449 e. The maximum atomic E-state index is 12.4. The number of benzene rings is 1. The number of carbonyl (C=O) groups excluding carboxylic acids is 2. The highest BCUT2D eigenvalue weighted by Crippen LogP contribution is 2.27. The SMILES string of the molecule is CCn1nnc2cc(C(=O)O[C@H](C)C(=O)NC3(C#N)CCCCC3)ccc21. The Kier molecular flexibility index (Phi) is 5.40. The van der Waals surface area contributed by atoms with Crippen molar-refractivity contribution in [3.05, 3.63) is 23.8 Å². The van der Waals surface area contributed by atoms with Crippen molar-refractivity contribution >= 4 is 22.9 Å². The van der Waals surface area contributed by atoms with Crippen LogP contribution in [0.4, 0.5) is 0 Å². The van der Waals surface area contributed by atoms with Crippen LogP contribution in [0.2, 0.25) is 0 Å². The minimum absolute atomic E-state index is 0.304. The lowest BCUT2D eigenvalue weighted by molar-refractivity contribution is -0.130. The zero-order valence-electron chi connectivity index (χ0n) is 15.6. The summed E-state index contributed by atoms with van der Waals surface area (Å²) in [5.41, 5.74) is 0.869. The molecule has 1 aliphatic rings. The highest BCUT2D eigenvalue weighted by atomic mass is 16.5. The molecule has 0 unspecified atom stereocenters. The van der Waals surface area contributed by atoms with Crippen LogP contribution < -0.4 is 5.32 Å². The second kappa shape index (κ2) is 7.74. The Hall–Kier alpha value is -2.95. The van der Waals surface area contributed by atoms with Gasteiger partial charge in [0.2, 0.25) is 0 Å². The summed E-state index contributed by atoms with van der Waals surface area (Å²) in [5, 5.41) is 20.3. The number of nitrogens with one attached hydrogen (secondary N) is 1. The van der Waals surface area contributed by atoms with E-state index in [1.165, 1.54) is 6.92 Å². The fraction of sp³-hybridized carbons (Fsp3) is 0.526. The maximum absolute atomic E-state index is 12.4. The van der Waals surface area contributed by atoms with Gasteiger partial charge in [0.05, 0.1) is 17.1 Å². The van der Waals surface area contributed by atoms with Gasteiger partial charge in [-0.2, -0.15) is 5.26 Å². The van der Waals surface area contributed by atoms with E-state index in [2.05, 4.69) is 21.7 Å². The second-order valence-electron chi connectivity index (χ2n) is 6.90. The molecule has 1 N–H and O–H groups in total. The third-order valence-corrected chi connectivity index (χ3v) is 4.99. The number of ether oxygens (including phenoxy) is 1. The lowest BCUT2D eigenvalue weighted by Crippen LogP contribution is -2.52. The molecule has 142 valence electrons. The Labute approximate surface area is 157 Å². The Bertz CT molecular complexity index is 892. The summed E-state index contributed by atoms with van der Waals surface area (Å²) in [6.07, 6.45) is 3.13.